The highest BCUT2D eigenvalue weighted by Crippen LogP contribution is 2.39. The number of fused-ring (bicyclic) bond motifs is 1. The summed E-state index contributed by atoms with van der Waals surface area (Å²) in [4.78, 5) is 40.2. The van der Waals surface area contributed by atoms with E-state index in [1.807, 2.05) is 6.92 Å². The minimum absolute atomic E-state index is 0.0289. The van der Waals surface area contributed by atoms with Crippen molar-refractivity contribution >= 4 is 17.8 Å². The van der Waals surface area contributed by atoms with Crippen LogP contribution in [0, 0.1) is 11.3 Å². The summed E-state index contributed by atoms with van der Waals surface area (Å²) < 4.78 is 0. The Morgan fingerprint density at radius 1 is 1.20 bits per heavy atom. The summed E-state index contributed by atoms with van der Waals surface area (Å²) in [7, 11) is 0. The van der Waals surface area contributed by atoms with Crippen LogP contribution < -0.4 is 16.0 Å². The molecule has 25 heavy (non-hydrogen) atoms. The maximum atomic E-state index is 13.0. The molecule has 8 heteroatoms. The van der Waals surface area contributed by atoms with Gasteiger partial charge in [-0.2, -0.15) is 0 Å². The Morgan fingerprint density at radius 3 is 2.56 bits per heavy atom. The monoisotopic (exact) mass is 351 g/mol. The largest absolute Gasteiger partial charge is 0.353 e. The van der Waals surface area contributed by atoms with E-state index in [4.69, 9.17) is 0 Å². The van der Waals surface area contributed by atoms with Gasteiger partial charge < -0.3 is 25.8 Å². The second kappa shape index (κ2) is 7.19. The number of nitrogens with one attached hydrogen (secondary N) is 3. The number of nitrogens with zero attached hydrogens (tertiary/aromatic N) is 2. The van der Waals surface area contributed by atoms with E-state index < -0.39 is 5.41 Å². The first-order chi connectivity index (χ1) is 12.0. The fourth-order valence-electron chi connectivity index (χ4n) is 4.30. The van der Waals surface area contributed by atoms with Crippen molar-refractivity contribution in [2.75, 3.05) is 45.8 Å². The predicted molar refractivity (Wildman–Crippen MR) is 92.9 cm³/mol. The molecule has 2 atom stereocenters. The molecule has 3 rings (SSSR count). The molecule has 0 unspecified atom stereocenters. The fraction of sp³-hybridized carbons (Fsp3) is 0.824. The highest BCUT2D eigenvalue weighted by Gasteiger charge is 2.55. The molecule has 0 aromatic carbocycles. The Hall–Kier alpha value is -1.83. The quantitative estimate of drug-likeness (QED) is 0.631. The first kappa shape index (κ1) is 18.0. The van der Waals surface area contributed by atoms with Crippen molar-refractivity contribution < 1.29 is 14.4 Å². The van der Waals surface area contributed by atoms with Crippen molar-refractivity contribution in [2.24, 2.45) is 11.3 Å². The molecule has 0 radical (unpaired) electrons. The Kier molecular flexibility index (Phi) is 5.17. The molecule has 4 amide bonds. The number of likely N-dealkylation sites (tertiary alicyclic amines) is 2. The average molecular weight is 351 g/mol. The van der Waals surface area contributed by atoms with E-state index in [0.717, 1.165) is 19.4 Å². The normalized spacial score (nSPS) is 29.4. The molecular formula is C17H29N5O3. The van der Waals surface area contributed by atoms with Gasteiger partial charge in [-0.3, -0.25) is 9.59 Å². The molecule has 8 nitrogen and oxygen atoms in total. The zero-order chi connectivity index (χ0) is 18.0. The molecule has 0 aromatic heterocycles. The Labute approximate surface area is 148 Å². The third-order valence-corrected chi connectivity index (χ3v) is 5.87. The minimum atomic E-state index is -0.498. The van der Waals surface area contributed by atoms with Gasteiger partial charge in [-0.1, -0.05) is 0 Å². The van der Waals surface area contributed by atoms with Gasteiger partial charge in [-0.05, 0) is 19.8 Å². The molecule has 0 bridgehead atoms. The summed E-state index contributed by atoms with van der Waals surface area (Å²) in [5.74, 6) is 0.284. The number of hydrogen-bond acceptors (Lipinski definition) is 4. The van der Waals surface area contributed by atoms with Crippen molar-refractivity contribution in [1.82, 2.24) is 25.8 Å². The van der Waals surface area contributed by atoms with Gasteiger partial charge >= 0.3 is 6.03 Å². The van der Waals surface area contributed by atoms with Crippen LogP contribution in [-0.2, 0) is 9.59 Å². The molecule has 3 N–H and O–H groups in total. The highest BCUT2D eigenvalue weighted by molar-refractivity contribution is 5.86. The standard InChI is InChI=1S/C17H29N5O3/c1-3-19-16(25)21-6-4-14(5-7-21)20-15(24)17-10-18-8-13(17)9-22(11-17)12(2)23/h13-14,18H,3-11H2,1-2H3,(H,19,25)(H,20,24)/t13-,17-/m1/s1. The van der Waals surface area contributed by atoms with Crippen molar-refractivity contribution in [3.8, 4) is 0 Å². The molecule has 0 aliphatic carbocycles. The summed E-state index contributed by atoms with van der Waals surface area (Å²) in [6.07, 6.45) is 1.54. The van der Waals surface area contributed by atoms with Gasteiger partial charge in [0.1, 0.15) is 0 Å². The zero-order valence-electron chi connectivity index (χ0n) is 15.1. The number of piperidine rings is 1. The van der Waals surface area contributed by atoms with E-state index in [2.05, 4.69) is 16.0 Å². The lowest BCUT2D eigenvalue weighted by Crippen LogP contribution is -2.54. The third kappa shape index (κ3) is 3.44. The SMILES string of the molecule is CCNC(=O)N1CCC(NC(=O)[C@@]23CNC[C@@H]2CN(C(C)=O)C3)CC1. The van der Waals surface area contributed by atoms with Gasteiger partial charge in [-0.15, -0.1) is 0 Å². The predicted octanol–water partition coefficient (Wildman–Crippen LogP) is -0.636. The van der Waals surface area contributed by atoms with Crippen LogP contribution in [0.25, 0.3) is 0 Å². The molecule has 3 fully saturated rings. The Bertz CT molecular complexity index is 546. The van der Waals surface area contributed by atoms with Crippen molar-refractivity contribution in [2.45, 2.75) is 32.7 Å². The first-order valence-electron chi connectivity index (χ1n) is 9.26. The van der Waals surface area contributed by atoms with Crippen molar-refractivity contribution in [3.05, 3.63) is 0 Å². The molecule has 140 valence electrons. The summed E-state index contributed by atoms with van der Waals surface area (Å²) in [6, 6.07) is 0.0685. The summed E-state index contributed by atoms with van der Waals surface area (Å²) in [6.45, 7) is 7.99. The van der Waals surface area contributed by atoms with Crippen LogP contribution in [0.2, 0.25) is 0 Å². The Balaban J connectivity index is 1.56. The van der Waals surface area contributed by atoms with E-state index in [1.54, 1.807) is 16.7 Å². The van der Waals surface area contributed by atoms with Crippen molar-refractivity contribution in [3.63, 3.8) is 0 Å². The van der Waals surface area contributed by atoms with Crippen LogP contribution in [0.15, 0.2) is 0 Å². The number of rotatable bonds is 3. The van der Waals surface area contributed by atoms with Crippen molar-refractivity contribution in [1.29, 1.82) is 0 Å². The second-order valence-electron chi connectivity index (χ2n) is 7.45. The van der Waals surface area contributed by atoms with Gasteiger partial charge in [0, 0.05) is 64.7 Å². The zero-order valence-corrected chi connectivity index (χ0v) is 15.1. The number of amides is 4. The number of urea groups is 1. The maximum Gasteiger partial charge on any atom is 0.317 e. The molecule has 3 heterocycles. The van der Waals surface area contributed by atoms with E-state index in [1.165, 1.54) is 0 Å². The fourth-order valence-corrected chi connectivity index (χ4v) is 4.30. The molecule has 0 aromatic rings. The number of carbonyl (C=O) groups excluding carboxylic acids is 3. The van der Waals surface area contributed by atoms with Crippen LogP contribution in [0.5, 0.6) is 0 Å². The number of hydrogen-bond donors (Lipinski definition) is 3. The summed E-state index contributed by atoms with van der Waals surface area (Å²) in [5.41, 5.74) is -0.498. The van der Waals surface area contributed by atoms with E-state index in [0.29, 0.717) is 39.3 Å². The van der Waals surface area contributed by atoms with Crippen LogP contribution in [0.3, 0.4) is 0 Å². The van der Waals surface area contributed by atoms with E-state index in [9.17, 15) is 14.4 Å². The second-order valence-corrected chi connectivity index (χ2v) is 7.45. The minimum Gasteiger partial charge on any atom is -0.353 e. The molecule has 3 aliphatic heterocycles. The molecular weight excluding hydrogens is 322 g/mol. The van der Waals surface area contributed by atoms with Gasteiger partial charge in [0.05, 0.1) is 5.41 Å². The lowest BCUT2D eigenvalue weighted by Gasteiger charge is -2.35. The van der Waals surface area contributed by atoms with Gasteiger partial charge in [0.15, 0.2) is 0 Å². The van der Waals surface area contributed by atoms with Crippen LogP contribution in [0.1, 0.15) is 26.7 Å². The van der Waals surface area contributed by atoms with Gasteiger partial charge in [0.25, 0.3) is 0 Å². The van der Waals surface area contributed by atoms with Crippen LogP contribution >= 0.6 is 0 Å². The smallest absolute Gasteiger partial charge is 0.317 e. The molecule has 0 spiro atoms. The first-order valence-corrected chi connectivity index (χ1v) is 9.26. The number of carbonyl (C=O) groups is 3. The lowest BCUT2D eigenvalue weighted by molar-refractivity contribution is -0.133. The molecule has 3 saturated heterocycles. The summed E-state index contributed by atoms with van der Waals surface area (Å²) in [5, 5.41) is 9.33. The van der Waals surface area contributed by atoms with Gasteiger partial charge in [-0.25, -0.2) is 4.79 Å². The van der Waals surface area contributed by atoms with Crippen LogP contribution in [0.4, 0.5) is 4.79 Å². The van der Waals surface area contributed by atoms with E-state index in [-0.39, 0.29) is 29.8 Å². The maximum absolute atomic E-state index is 13.0. The average Bonchev–Trinajstić information content (AvgIpc) is 3.14. The Morgan fingerprint density at radius 2 is 1.92 bits per heavy atom. The topological polar surface area (TPSA) is 93.8 Å². The molecule has 3 aliphatic rings. The molecule has 0 saturated carbocycles. The van der Waals surface area contributed by atoms with Gasteiger partial charge in [0.2, 0.25) is 11.8 Å². The third-order valence-electron chi connectivity index (χ3n) is 5.87. The summed E-state index contributed by atoms with van der Waals surface area (Å²) >= 11 is 0. The van der Waals surface area contributed by atoms with E-state index >= 15 is 0 Å². The highest BCUT2D eigenvalue weighted by atomic mass is 16.2. The van der Waals surface area contributed by atoms with Crippen LogP contribution in [-0.4, -0.2) is 79.5 Å². The lowest BCUT2D eigenvalue weighted by atomic mass is 9.79.